The number of hydrogen-bond acceptors (Lipinski definition) is 8. The van der Waals surface area contributed by atoms with Crippen molar-refractivity contribution in [3.8, 4) is 28.8 Å². The Morgan fingerprint density at radius 3 is 3.00 bits per heavy atom. The van der Waals surface area contributed by atoms with Crippen LogP contribution in [-0.4, -0.2) is 43.0 Å². The number of thiazole rings is 1. The van der Waals surface area contributed by atoms with Gasteiger partial charge in [-0.1, -0.05) is 5.16 Å². The van der Waals surface area contributed by atoms with Crippen molar-refractivity contribution >= 4 is 11.3 Å². The van der Waals surface area contributed by atoms with Gasteiger partial charge in [-0.05, 0) is 50.0 Å². The molecular formula is C19H19N7OS. The topological polar surface area (TPSA) is 94.6 Å². The molecule has 9 heteroatoms. The Morgan fingerprint density at radius 1 is 1.21 bits per heavy atom. The van der Waals surface area contributed by atoms with Crippen LogP contribution in [0.2, 0.25) is 0 Å². The van der Waals surface area contributed by atoms with Gasteiger partial charge in [-0.25, -0.2) is 14.6 Å². The van der Waals surface area contributed by atoms with E-state index in [0.29, 0.717) is 23.5 Å². The molecule has 8 nitrogen and oxygen atoms in total. The molecule has 0 atom stereocenters. The second-order valence-electron chi connectivity index (χ2n) is 6.80. The third-order valence-electron chi connectivity index (χ3n) is 4.86. The molecule has 0 unspecified atom stereocenters. The van der Waals surface area contributed by atoms with Gasteiger partial charge < -0.3 is 9.84 Å². The third kappa shape index (κ3) is 3.58. The van der Waals surface area contributed by atoms with Crippen molar-refractivity contribution in [1.82, 2.24) is 35.2 Å². The molecule has 142 valence electrons. The van der Waals surface area contributed by atoms with E-state index >= 15 is 0 Å². The number of aromatic nitrogens is 6. The quantitative estimate of drug-likeness (QED) is 0.557. The van der Waals surface area contributed by atoms with E-state index in [1.807, 2.05) is 29.8 Å². The molecule has 5 rings (SSSR count). The van der Waals surface area contributed by atoms with Crippen LogP contribution in [0.5, 0.6) is 0 Å². The summed E-state index contributed by atoms with van der Waals surface area (Å²) in [6, 6.07) is 5.58. The number of pyridine rings is 1. The van der Waals surface area contributed by atoms with Crippen LogP contribution in [0.25, 0.3) is 28.8 Å². The van der Waals surface area contributed by atoms with Gasteiger partial charge in [0, 0.05) is 36.0 Å². The lowest BCUT2D eigenvalue weighted by Gasteiger charge is -2.21. The van der Waals surface area contributed by atoms with Crippen molar-refractivity contribution in [1.29, 1.82) is 0 Å². The summed E-state index contributed by atoms with van der Waals surface area (Å²) in [5, 5.41) is 14.9. The molecule has 1 fully saturated rings. The Kier molecular flexibility index (Phi) is 4.67. The van der Waals surface area contributed by atoms with Crippen molar-refractivity contribution in [2.24, 2.45) is 5.92 Å². The lowest BCUT2D eigenvalue weighted by Crippen LogP contribution is -2.28. The Balaban J connectivity index is 1.35. The first kappa shape index (κ1) is 17.2. The maximum absolute atomic E-state index is 5.47. The first-order valence-corrected chi connectivity index (χ1v) is 10.2. The van der Waals surface area contributed by atoms with E-state index in [9.17, 15) is 0 Å². The van der Waals surface area contributed by atoms with E-state index in [1.54, 1.807) is 28.4 Å². The first-order chi connectivity index (χ1) is 13.8. The van der Waals surface area contributed by atoms with Gasteiger partial charge in [0.05, 0.1) is 5.01 Å². The second kappa shape index (κ2) is 7.61. The summed E-state index contributed by atoms with van der Waals surface area (Å²) in [7, 11) is 0. The highest BCUT2D eigenvalue weighted by atomic mass is 32.1. The summed E-state index contributed by atoms with van der Waals surface area (Å²) in [6.07, 6.45) is 8.70. The van der Waals surface area contributed by atoms with Crippen molar-refractivity contribution in [3.63, 3.8) is 0 Å². The minimum Gasteiger partial charge on any atom is -0.332 e. The Hall–Kier alpha value is -2.91. The molecule has 1 aliphatic rings. The number of piperidine rings is 1. The smallest absolute Gasteiger partial charge is 0.277 e. The van der Waals surface area contributed by atoms with Crippen LogP contribution >= 0.6 is 11.3 Å². The highest BCUT2D eigenvalue weighted by Gasteiger charge is 2.18. The second-order valence-corrected chi connectivity index (χ2v) is 7.74. The van der Waals surface area contributed by atoms with Gasteiger partial charge in [-0.2, -0.15) is 10.1 Å². The molecule has 0 aromatic carbocycles. The van der Waals surface area contributed by atoms with Crippen molar-refractivity contribution < 1.29 is 4.52 Å². The molecule has 0 saturated carbocycles. The van der Waals surface area contributed by atoms with Gasteiger partial charge in [-0.15, -0.1) is 11.3 Å². The van der Waals surface area contributed by atoms with Crippen LogP contribution in [0, 0.1) is 5.92 Å². The van der Waals surface area contributed by atoms with E-state index in [0.717, 1.165) is 35.8 Å². The zero-order valence-electron chi connectivity index (χ0n) is 15.2. The van der Waals surface area contributed by atoms with Crippen LogP contribution in [0.1, 0.15) is 17.8 Å². The van der Waals surface area contributed by atoms with E-state index in [1.165, 1.54) is 12.8 Å². The third-order valence-corrected chi connectivity index (χ3v) is 5.73. The first-order valence-electron chi connectivity index (χ1n) is 9.31. The molecule has 0 spiro atoms. The normalized spacial score (nSPS) is 15.1. The largest absolute Gasteiger partial charge is 0.332 e. The Morgan fingerprint density at radius 2 is 2.14 bits per heavy atom. The van der Waals surface area contributed by atoms with Gasteiger partial charge in [0.2, 0.25) is 5.82 Å². The molecular weight excluding hydrogens is 374 g/mol. The van der Waals surface area contributed by atoms with Crippen LogP contribution in [-0.2, 0) is 6.42 Å². The molecule has 0 radical (unpaired) electrons. The highest BCUT2D eigenvalue weighted by molar-refractivity contribution is 7.09. The van der Waals surface area contributed by atoms with E-state index in [4.69, 9.17) is 9.51 Å². The monoisotopic (exact) mass is 393 g/mol. The standard InChI is InChI=1S/C19H19N7OS/c1-5-22-26(9-1)16-11-14(4-8-21-16)18-24-19(27-25-18)15-12-28-17(23-15)10-13-2-6-20-7-3-13/h1,4-5,8-9,11-13,20H,2-3,6-7,10H2. The molecule has 5 heterocycles. The fourth-order valence-corrected chi connectivity index (χ4v) is 4.25. The maximum atomic E-state index is 5.47. The van der Waals surface area contributed by atoms with Crippen LogP contribution < -0.4 is 5.32 Å². The number of nitrogens with one attached hydrogen (secondary N) is 1. The molecule has 0 aliphatic carbocycles. The molecule has 0 bridgehead atoms. The molecule has 0 amide bonds. The van der Waals surface area contributed by atoms with Gasteiger partial charge in [-0.3, -0.25) is 0 Å². The van der Waals surface area contributed by atoms with Gasteiger partial charge in [0.1, 0.15) is 5.69 Å². The SMILES string of the molecule is c1cnn(-c2cc(-c3noc(-c4csc(CC5CCNCC5)n4)n3)ccn2)c1. The zero-order chi connectivity index (χ0) is 18.8. The fourth-order valence-electron chi connectivity index (χ4n) is 3.37. The summed E-state index contributed by atoms with van der Waals surface area (Å²) in [5.41, 5.74) is 1.56. The van der Waals surface area contributed by atoms with Crippen LogP contribution in [0.3, 0.4) is 0 Å². The van der Waals surface area contributed by atoms with E-state index in [2.05, 4.69) is 25.5 Å². The summed E-state index contributed by atoms with van der Waals surface area (Å²) in [6.45, 7) is 2.20. The predicted octanol–water partition coefficient (Wildman–Crippen LogP) is 2.98. The summed E-state index contributed by atoms with van der Waals surface area (Å²) >= 11 is 1.66. The van der Waals surface area contributed by atoms with Gasteiger partial charge >= 0.3 is 0 Å². The average molecular weight is 393 g/mol. The summed E-state index contributed by atoms with van der Waals surface area (Å²) < 4.78 is 7.16. The fraction of sp³-hybridized carbons (Fsp3) is 0.316. The van der Waals surface area contributed by atoms with Crippen molar-refractivity contribution in [2.75, 3.05) is 13.1 Å². The summed E-state index contributed by atoms with van der Waals surface area (Å²) in [5.74, 6) is 2.36. The number of hydrogen-bond donors (Lipinski definition) is 1. The molecule has 1 aliphatic heterocycles. The molecule has 28 heavy (non-hydrogen) atoms. The lowest BCUT2D eigenvalue weighted by molar-refractivity contribution is 0.372. The maximum Gasteiger partial charge on any atom is 0.277 e. The van der Waals surface area contributed by atoms with Crippen molar-refractivity contribution in [3.05, 3.63) is 47.2 Å². The van der Waals surface area contributed by atoms with Crippen LogP contribution in [0.15, 0.2) is 46.7 Å². The molecule has 4 aromatic heterocycles. The molecule has 1 N–H and O–H groups in total. The van der Waals surface area contributed by atoms with Crippen molar-refractivity contribution in [2.45, 2.75) is 19.3 Å². The summed E-state index contributed by atoms with van der Waals surface area (Å²) in [4.78, 5) is 13.6. The van der Waals surface area contributed by atoms with Gasteiger partial charge in [0.25, 0.3) is 5.89 Å². The van der Waals surface area contributed by atoms with Gasteiger partial charge in [0.15, 0.2) is 5.82 Å². The molecule has 4 aromatic rings. The van der Waals surface area contributed by atoms with E-state index < -0.39 is 0 Å². The zero-order valence-corrected chi connectivity index (χ0v) is 16.0. The highest BCUT2D eigenvalue weighted by Crippen LogP contribution is 2.26. The minimum atomic E-state index is 0.445. The molecule has 1 saturated heterocycles. The van der Waals surface area contributed by atoms with Crippen LogP contribution in [0.4, 0.5) is 0 Å². The predicted molar refractivity (Wildman–Crippen MR) is 105 cm³/mol. The van der Waals surface area contributed by atoms with E-state index in [-0.39, 0.29) is 0 Å². The number of nitrogens with zero attached hydrogens (tertiary/aromatic N) is 6. The minimum absolute atomic E-state index is 0.445. The number of rotatable bonds is 5. The Labute approximate surface area is 165 Å². The average Bonchev–Trinajstić information content (AvgIpc) is 3.50. The Bertz CT molecular complexity index is 1050. The lowest BCUT2D eigenvalue weighted by atomic mass is 9.95.